The molecule has 2 aromatic rings. The van der Waals surface area contributed by atoms with Crippen molar-refractivity contribution in [2.75, 3.05) is 0 Å². The highest BCUT2D eigenvalue weighted by molar-refractivity contribution is 6.30. The zero-order chi connectivity index (χ0) is 11.8. The molecule has 4 heteroatoms. The number of oxazole rings is 1. The van der Waals surface area contributed by atoms with Gasteiger partial charge in [0.1, 0.15) is 5.76 Å². The average molecular weight is 237 g/mol. The molecule has 0 spiro atoms. The number of rotatable bonds is 2. The summed E-state index contributed by atoms with van der Waals surface area (Å²) >= 11 is 5.81. The van der Waals surface area contributed by atoms with Crippen molar-refractivity contribution in [1.82, 2.24) is 4.98 Å². The number of aromatic nitrogens is 1. The van der Waals surface area contributed by atoms with E-state index in [4.69, 9.17) is 21.8 Å². The molecule has 0 saturated carbocycles. The molecule has 1 aromatic carbocycles. The van der Waals surface area contributed by atoms with E-state index >= 15 is 0 Å². The van der Waals surface area contributed by atoms with Gasteiger partial charge in [0.2, 0.25) is 5.89 Å². The second-order valence-corrected chi connectivity index (χ2v) is 4.69. The number of hydrogen-bond donors (Lipinski definition) is 1. The van der Waals surface area contributed by atoms with E-state index in [0.717, 1.165) is 5.56 Å². The predicted molar refractivity (Wildman–Crippen MR) is 64.2 cm³/mol. The molecule has 0 radical (unpaired) electrons. The van der Waals surface area contributed by atoms with Gasteiger partial charge in [-0.3, -0.25) is 0 Å². The van der Waals surface area contributed by atoms with Gasteiger partial charge in [0.15, 0.2) is 0 Å². The first-order chi connectivity index (χ1) is 7.47. The Morgan fingerprint density at radius 2 is 1.88 bits per heavy atom. The first kappa shape index (κ1) is 11.2. The summed E-state index contributed by atoms with van der Waals surface area (Å²) in [6.45, 7) is 3.75. The second kappa shape index (κ2) is 3.92. The molecule has 0 aliphatic rings. The number of hydrogen-bond acceptors (Lipinski definition) is 3. The lowest BCUT2D eigenvalue weighted by molar-refractivity contribution is 0.400. The molecule has 1 aromatic heterocycles. The first-order valence-corrected chi connectivity index (χ1v) is 5.36. The zero-order valence-corrected chi connectivity index (χ0v) is 9.95. The van der Waals surface area contributed by atoms with Crippen LogP contribution in [0.25, 0.3) is 11.5 Å². The molecule has 0 atom stereocenters. The standard InChI is InChI=1S/C12H13ClN2O/c1-12(2,14)10-7-15-11(16-10)8-3-5-9(13)6-4-8/h3-7H,14H2,1-2H3. The van der Waals surface area contributed by atoms with E-state index in [2.05, 4.69) is 4.98 Å². The molecule has 1 heterocycles. The summed E-state index contributed by atoms with van der Waals surface area (Å²) in [6, 6.07) is 7.33. The fraction of sp³-hybridized carbons (Fsp3) is 0.250. The van der Waals surface area contributed by atoms with Gasteiger partial charge in [0.25, 0.3) is 0 Å². The molecular weight excluding hydrogens is 224 g/mol. The molecule has 0 saturated heterocycles. The quantitative estimate of drug-likeness (QED) is 0.871. The van der Waals surface area contributed by atoms with Gasteiger partial charge in [-0.2, -0.15) is 0 Å². The molecule has 0 aliphatic heterocycles. The van der Waals surface area contributed by atoms with E-state index in [1.165, 1.54) is 0 Å². The van der Waals surface area contributed by atoms with E-state index in [9.17, 15) is 0 Å². The van der Waals surface area contributed by atoms with Gasteiger partial charge < -0.3 is 10.2 Å². The Kier molecular flexibility index (Phi) is 2.74. The van der Waals surface area contributed by atoms with E-state index in [-0.39, 0.29) is 0 Å². The predicted octanol–water partition coefficient (Wildman–Crippen LogP) is 3.19. The van der Waals surface area contributed by atoms with Crippen molar-refractivity contribution in [3.63, 3.8) is 0 Å². The normalized spacial score (nSPS) is 11.8. The summed E-state index contributed by atoms with van der Waals surface area (Å²) in [5.41, 5.74) is 6.29. The van der Waals surface area contributed by atoms with Crippen LogP contribution in [0.4, 0.5) is 0 Å². The van der Waals surface area contributed by atoms with Crippen LogP contribution in [-0.2, 0) is 5.54 Å². The van der Waals surface area contributed by atoms with Crippen LogP contribution in [0.15, 0.2) is 34.9 Å². The Bertz CT molecular complexity index is 482. The smallest absolute Gasteiger partial charge is 0.226 e. The third-order valence-corrected chi connectivity index (χ3v) is 2.48. The van der Waals surface area contributed by atoms with Gasteiger partial charge in [-0.05, 0) is 38.1 Å². The van der Waals surface area contributed by atoms with Crippen molar-refractivity contribution in [1.29, 1.82) is 0 Å². The molecule has 2 N–H and O–H groups in total. The second-order valence-electron chi connectivity index (χ2n) is 4.26. The lowest BCUT2D eigenvalue weighted by Gasteiger charge is -2.13. The van der Waals surface area contributed by atoms with Crippen molar-refractivity contribution >= 4 is 11.6 Å². The van der Waals surface area contributed by atoms with Gasteiger partial charge >= 0.3 is 0 Å². The summed E-state index contributed by atoms with van der Waals surface area (Å²) in [5.74, 6) is 1.22. The minimum atomic E-state index is -0.516. The van der Waals surface area contributed by atoms with Crippen LogP contribution >= 0.6 is 11.6 Å². The summed E-state index contributed by atoms with van der Waals surface area (Å²) in [7, 11) is 0. The Balaban J connectivity index is 2.35. The third kappa shape index (κ3) is 2.26. The van der Waals surface area contributed by atoms with Crippen molar-refractivity contribution in [2.45, 2.75) is 19.4 Å². The molecular formula is C12H13ClN2O. The lowest BCUT2D eigenvalue weighted by atomic mass is 10.1. The highest BCUT2D eigenvalue weighted by Gasteiger charge is 2.20. The molecule has 0 amide bonds. The Morgan fingerprint density at radius 3 is 2.38 bits per heavy atom. The maximum absolute atomic E-state index is 5.92. The third-order valence-electron chi connectivity index (χ3n) is 2.23. The van der Waals surface area contributed by atoms with Crippen LogP contribution < -0.4 is 5.73 Å². The van der Waals surface area contributed by atoms with E-state index < -0.39 is 5.54 Å². The molecule has 0 aliphatic carbocycles. The van der Waals surface area contributed by atoms with E-state index in [1.54, 1.807) is 18.3 Å². The summed E-state index contributed by atoms with van der Waals surface area (Å²) in [5, 5.41) is 0.690. The molecule has 16 heavy (non-hydrogen) atoms. The minimum absolute atomic E-state index is 0.516. The van der Waals surface area contributed by atoms with Gasteiger partial charge in [-0.1, -0.05) is 11.6 Å². The van der Waals surface area contributed by atoms with Crippen molar-refractivity contribution < 1.29 is 4.42 Å². The Morgan fingerprint density at radius 1 is 1.25 bits per heavy atom. The highest BCUT2D eigenvalue weighted by Crippen LogP contribution is 2.25. The molecule has 84 valence electrons. The van der Waals surface area contributed by atoms with Crippen LogP contribution in [-0.4, -0.2) is 4.98 Å². The molecule has 3 nitrogen and oxygen atoms in total. The van der Waals surface area contributed by atoms with Crippen LogP contribution in [0.2, 0.25) is 5.02 Å². The van der Waals surface area contributed by atoms with Crippen LogP contribution in [0.3, 0.4) is 0 Å². The highest BCUT2D eigenvalue weighted by atomic mass is 35.5. The SMILES string of the molecule is CC(C)(N)c1cnc(-c2ccc(Cl)cc2)o1. The fourth-order valence-corrected chi connectivity index (χ4v) is 1.42. The largest absolute Gasteiger partial charge is 0.439 e. The first-order valence-electron chi connectivity index (χ1n) is 4.98. The number of benzene rings is 1. The van der Waals surface area contributed by atoms with Gasteiger partial charge in [-0.25, -0.2) is 4.98 Å². The fourth-order valence-electron chi connectivity index (χ4n) is 1.30. The Labute approximate surface area is 99.2 Å². The van der Waals surface area contributed by atoms with Crippen LogP contribution in [0.1, 0.15) is 19.6 Å². The van der Waals surface area contributed by atoms with Gasteiger partial charge in [0, 0.05) is 10.6 Å². The van der Waals surface area contributed by atoms with Crippen LogP contribution in [0.5, 0.6) is 0 Å². The maximum atomic E-state index is 5.92. The monoisotopic (exact) mass is 236 g/mol. The van der Waals surface area contributed by atoms with Crippen molar-refractivity contribution in [2.24, 2.45) is 5.73 Å². The molecule has 0 unspecified atom stereocenters. The zero-order valence-electron chi connectivity index (χ0n) is 9.20. The minimum Gasteiger partial charge on any atom is -0.439 e. The number of halogens is 1. The molecule has 2 rings (SSSR count). The number of nitrogens with two attached hydrogens (primary N) is 1. The van der Waals surface area contributed by atoms with Crippen molar-refractivity contribution in [3.8, 4) is 11.5 Å². The summed E-state index contributed by atoms with van der Waals surface area (Å²) in [6.07, 6.45) is 1.66. The van der Waals surface area contributed by atoms with Gasteiger partial charge in [0.05, 0.1) is 11.7 Å². The van der Waals surface area contributed by atoms with Crippen molar-refractivity contribution in [3.05, 3.63) is 41.2 Å². The van der Waals surface area contributed by atoms with E-state index in [1.807, 2.05) is 26.0 Å². The van der Waals surface area contributed by atoms with E-state index in [0.29, 0.717) is 16.7 Å². The van der Waals surface area contributed by atoms with Gasteiger partial charge in [-0.15, -0.1) is 0 Å². The Hall–Kier alpha value is -1.32. The average Bonchev–Trinajstić information content (AvgIpc) is 2.67. The lowest BCUT2D eigenvalue weighted by Crippen LogP contribution is -2.27. The van der Waals surface area contributed by atoms with Crippen LogP contribution in [0, 0.1) is 0 Å². The summed E-state index contributed by atoms with van der Waals surface area (Å²) < 4.78 is 5.59. The summed E-state index contributed by atoms with van der Waals surface area (Å²) in [4.78, 5) is 4.19. The number of nitrogens with zero attached hydrogens (tertiary/aromatic N) is 1. The molecule has 0 fully saturated rings. The molecule has 0 bridgehead atoms. The topological polar surface area (TPSA) is 52.0 Å². The maximum Gasteiger partial charge on any atom is 0.226 e.